The van der Waals surface area contributed by atoms with E-state index in [0.717, 1.165) is 13.0 Å². The van der Waals surface area contributed by atoms with Gasteiger partial charge in [-0.25, -0.2) is 4.79 Å². The number of alkyl carbamates (subject to hydrolysis) is 1. The third-order valence-electron chi connectivity index (χ3n) is 1.83. The monoisotopic (exact) mass is 187 g/mol. The number of hydrogen-bond donors (Lipinski definition) is 1. The summed E-state index contributed by atoms with van der Waals surface area (Å²) >= 11 is 0. The van der Waals surface area contributed by atoms with Gasteiger partial charge in [0.05, 0.1) is 6.61 Å². The molecule has 0 unspecified atom stereocenters. The lowest BCUT2D eigenvalue weighted by Crippen LogP contribution is -2.25. The topological polar surface area (TPSA) is 38.3 Å². The van der Waals surface area contributed by atoms with E-state index >= 15 is 0 Å². The van der Waals surface area contributed by atoms with E-state index in [9.17, 15) is 4.79 Å². The fourth-order valence-electron chi connectivity index (χ4n) is 1.10. The first-order chi connectivity index (χ1) is 6.31. The van der Waals surface area contributed by atoms with E-state index in [-0.39, 0.29) is 6.09 Å². The Morgan fingerprint density at radius 1 is 1.15 bits per heavy atom. The molecule has 0 spiro atoms. The van der Waals surface area contributed by atoms with Gasteiger partial charge in [0.25, 0.3) is 0 Å². The lowest BCUT2D eigenvalue weighted by Gasteiger charge is -2.04. The summed E-state index contributed by atoms with van der Waals surface area (Å²) in [6.07, 6.45) is 5.77. The lowest BCUT2D eigenvalue weighted by molar-refractivity contribution is 0.152. The number of unbranched alkanes of at least 4 members (excludes halogenated alkanes) is 4. The Labute approximate surface area is 80.8 Å². The standard InChI is InChI=1S/C10H21NO2/c1-3-5-6-7-8-9-11-10(12)13-4-2/h3-9H2,1-2H3,(H,11,12). The van der Waals surface area contributed by atoms with Crippen LogP contribution in [0.1, 0.15) is 46.0 Å². The van der Waals surface area contributed by atoms with Crippen LogP contribution < -0.4 is 5.32 Å². The number of amides is 1. The maximum absolute atomic E-state index is 10.8. The van der Waals surface area contributed by atoms with Crippen LogP contribution in [0, 0.1) is 0 Å². The van der Waals surface area contributed by atoms with Crippen molar-refractivity contribution in [3.63, 3.8) is 0 Å². The van der Waals surface area contributed by atoms with Gasteiger partial charge in [-0.05, 0) is 13.3 Å². The molecule has 13 heavy (non-hydrogen) atoms. The summed E-state index contributed by atoms with van der Waals surface area (Å²) in [6, 6.07) is 0. The molecule has 0 atom stereocenters. The third kappa shape index (κ3) is 9.18. The van der Waals surface area contributed by atoms with E-state index in [2.05, 4.69) is 12.2 Å². The van der Waals surface area contributed by atoms with Gasteiger partial charge in [-0.3, -0.25) is 0 Å². The second-order valence-electron chi connectivity index (χ2n) is 3.06. The molecule has 0 bridgehead atoms. The molecule has 0 rings (SSSR count). The Morgan fingerprint density at radius 3 is 2.46 bits per heavy atom. The molecule has 0 aromatic rings. The molecule has 3 nitrogen and oxygen atoms in total. The van der Waals surface area contributed by atoms with Gasteiger partial charge in [0.15, 0.2) is 0 Å². The number of hydrogen-bond acceptors (Lipinski definition) is 2. The van der Waals surface area contributed by atoms with Crippen LogP contribution in [0.25, 0.3) is 0 Å². The normalized spacial score (nSPS) is 9.69. The van der Waals surface area contributed by atoms with Crippen LogP contribution in [0.4, 0.5) is 4.79 Å². The van der Waals surface area contributed by atoms with Crippen LogP contribution >= 0.6 is 0 Å². The molecule has 0 aromatic heterocycles. The average Bonchev–Trinajstić information content (AvgIpc) is 2.11. The predicted octanol–water partition coefficient (Wildman–Crippen LogP) is 2.70. The van der Waals surface area contributed by atoms with Crippen molar-refractivity contribution in [1.29, 1.82) is 0 Å². The number of nitrogens with one attached hydrogen (secondary N) is 1. The quantitative estimate of drug-likeness (QED) is 0.622. The summed E-state index contributed by atoms with van der Waals surface area (Å²) in [5.74, 6) is 0. The highest BCUT2D eigenvalue weighted by Gasteiger charge is 1.97. The van der Waals surface area contributed by atoms with E-state index in [4.69, 9.17) is 4.74 Å². The average molecular weight is 187 g/mol. The minimum atomic E-state index is -0.294. The molecule has 0 heterocycles. The van der Waals surface area contributed by atoms with Gasteiger partial charge in [0, 0.05) is 6.54 Å². The summed E-state index contributed by atoms with van der Waals surface area (Å²) < 4.78 is 4.72. The molecule has 0 aliphatic rings. The predicted molar refractivity (Wildman–Crippen MR) is 53.8 cm³/mol. The maximum Gasteiger partial charge on any atom is 0.407 e. The van der Waals surface area contributed by atoms with Crippen LogP contribution in [-0.2, 0) is 4.74 Å². The van der Waals surface area contributed by atoms with E-state index < -0.39 is 0 Å². The van der Waals surface area contributed by atoms with Crippen LogP contribution in [0.5, 0.6) is 0 Å². The van der Waals surface area contributed by atoms with Gasteiger partial charge in [-0.2, -0.15) is 0 Å². The van der Waals surface area contributed by atoms with Gasteiger partial charge in [-0.1, -0.05) is 32.6 Å². The minimum Gasteiger partial charge on any atom is -0.450 e. The van der Waals surface area contributed by atoms with Crippen molar-refractivity contribution in [3.05, 3.63) is 0 Å². The molecule has 1 amide bonds. The highest BCUT2D eigenvalue weighted by atomic mass is 16.5. The molecular formula is C10H21NO2. The smallest absolute Gasteiger partial charge is 0.407 e. The van der Waals surface area contributed by atoms with Crippen LogP contribution in [0.2, 0.25) is 0 Å². The van der Waals surface area contributed by atoms with Crippen molar-refractivity contribution < 1.29 is 9.53 Å². The summed E-state index contributed by atoms with van der Waals surface area (Å²) in [4.78, 5) is 10.8. The summed E-state index contributed by atoms with van der Waals surface area (Å²) in [5.41, 5.74) is 0. The fraction of sp³-hybridized carbons (Fsp3) is 0.900. The van der Waals surface area contributed by atoms with Crippen LogP contribution in [0.3, 0.4) is 0 Å². The molecule has 0 aliphatic heterocycles. The van der Waals surface area contributed by atoms with Gasteiger partial charge in [0.1, 0.15) is 0 Å². The summed E-state index contributed by atoms with van der Waals surface area (Å²) in [5, 5.41) is 2.70. The Bertz CT molecular complexity index is 126. The van der Waals surface area contributed by atoms with E-state index in [0.29, 0.717) is 6.61 Å². The van der Waals surface area contributed by atoms with Crippen LogP contribution in [-0.4, -0.2) is 19.2 Å². The van der Waals surface area contributed by atoms with Gasteiger partial charge < -0.3 is 10.1 Å². The summed E-state index contributed by atoms with van der Waals surface area (Å²) in [7, 11) is 0. The molecule has 0 saturated carbocycles. The van der Waals surface area contributed by atoms with Crippen molar-refractivity contribution in [2.45, 2.75) is 46.0 Å². The SMILES string of the molecule is CCCCCCCNC(=O)OCC. The first-order valence-electron chi connectivity index (χ1n) is 5.21. The van der Waals surface area contributed by atoms with E-state index in [1.807, 2.05) is 0 Å². The van der Waals surface area contributed by atoms with Crippen molar-refractivity contribution in [3.8, 4) is 0 Å². The largest absolute Gasteiger partial charge is 0.450 e. The van der Waals surface area contributed by atoms with E-state index in [1.54, 1.807) is 6.92 Å². The number of carbonyl (C=O) groups excluding carboxylic acids is 1. The maximum atomic E-state index is 10.8. The first-order valence-corrected chi connectivity index (χ1v) is 5.21. The van der Waals surface area contributed by atoms with Gasteiger partial charge in [0.2, 0.25) is 0 Å². The first kappa shape index (κ1) is 12.3. The van der Waals surface area contributed by atoms with Gasteiger partial charge in [-0.15, -0.1) is 0 Å². The Kier molecular flexibility index (Phi) is 8.83. The molecule has 0 radical (unpaired) electrons. The minimum absolute atomic E-state index is 0.294. The lowest BCUT2D eigenvalue weighted by atomic mass is 10.1. The molecule has 0 aliphatic carbocycles. The number of ether oxygens (including phenoxy) is 1. The molecule has 0 aromatic carbocycles. The van der Waals surface area contributed by atoms with Crippen molar-refractivity contribution in [1.82, 2.24) is 5.32 Å². The zero-order valence-corrected chi connectivity index (χ0v) is 8.77. The number of rotatable bonds is 7. The zero-order chi connectivity index (χ0) is 9.94. The van der Waals surface area contributed by atoms with Crippen molar-refractivity contribution >= 4 is 6.09 Å². The Hall–Kier alpha value is -0.730. The molecular weight excluding hydrogens is 166 g/mol. The fourth-order valence-corrected chi connectivity index (χ4v) is 1.10. The zero-order valence-electron chi connectivity index (χ0n) is 8.77. The highest BCUT2D eigenvalue weighted by Crippen LogP contribution is 2.00. The molecule has 3 heteroatoms. The second kappa shape index (κ2) is 9.36. The second-order valence-corrected chi connectivity index (χ2v) is 3.06. The molecule has 1 N–H and O–H groups in total. The molecule has 0 saturated heterocycles. The Balaban J connectivity index is 3.02. The van der Waals surface area contributed by atoms with Crippen molar-refractivity contribution in [2.75, 3.05) is 13.2 Å². The Morgan fingerprint density at radius 2 is 1.85 bits per heavy atom. The van der Waals surface area contributed by atoms with Gasteiger partial charge >= 0.3 is 6.09 Å². The third-order valence-corrected chi connectivity index (χ3v) is 1.83. The summed E-state index contributed by atoms with van der Waals surface area (Å²) in [6.45, 7) is 5.18. The van der Waals surface area contributed by atoms with Crippen LogP contribution in [0.15, 0.2) is 0 Å². The highest BCUT2D eigenvalue weighted by molar-refractivity contribution is 5.66. The molecule has 0 fully saturated rings. The van der Waals surface area contributed by atoms with E-state index in [1.165, 1.54) is 25.7 Å². The molecule has 78 valence electrons. The van der Waals surface area contributed by atoms with Crippen molar-refractivity contribution in [2.24, 2.45) is 0 Å². The number of carbonyl (C=O) groups is 1.